The van der Waals surface area contributed by atoms with Gasteiger partial charge >= 0.3 is 0 Å². The Labute approximate surface area is 218 Å². The lowest BCUT2D eigenvalue weighted by atomic mass is 10.0. The van der Waals surface area contributed by atoms with Gasteiger partial charge in [-0.15, -0.1) is 0 Å². The molecular formula is C32H20N2O2S. The lowest BCUT2D eigenvalue weighted by Crippen LogP contribution is -2.29. The Morgan fingerprint density at radius 1 is 0.459 bits per heavy atom. The Morgan fingerprint density at radius 2 is 0.946 bits per heavy atom. The molecule has 5 aromatic carbocycles. The summed E-state index contributed by atoms with van der Waals surface area (Å²) in [6.07, 6.45) is 0. The second kappa shape index (κ2) is 8.50. The summed E-state index contributed by atoms with van der Waals surface area (Å²) in [5.74, 6) is -0.599. The number of amides is 2. The molecule has 5 heteroatoms. The second-order valence-corrected chi connectivity index (χ2v) is 10.1. The topological polar surface area (TPSA) is 40.6 Å². The first-order valence-electron chi connectivity index (χ1n) is 12.0. The van der Waals surface area contributed by atoms with Crippen LogP contribution in [0.1, 0.15) is 20.7 Å². The summed E-state index contributed by atoms with van der Waals surface area (Å²) in [6, 6.07) is 39.7. The van der Waals surface area contributed by atoms with Crippen molar-refractivity contribution in [1.82, 2.24) is 0 Å². The van der Waals surface area contributed by atoms with Gasteiger partial charge in [0.05, 0.1) is 28.2 Å². The number of para-hydroxylation sites is 2. The third kappa shape index (κ3) is 3.47. The minimum absolute atomic E-state index is 0.299. The highest BCUT2D eigenvalue weighted by atomic mass is 32.2. The zero-order chi connectivity index (χ0) is 24.9. The lowest BCUT2D eigenvalue weighted by molar-refractivity contribution is 0.0926. The summed E-state index contributed by atoms with van der Waals surface area (Å²) in [4.78, 5) is 32.7. The number of nitrogens with zero attached hydrogens (tertiary/aromatic N) is 2. The standard InChI is InChI=1S/C32H20N2O2S/c35-31-25-12-4-5-13-26(25)32(36)34(31)24-19-22(21-10-2-1-3-11-21)18-23(20-24)33-27-14-6-8-16-29(27)37-30-17-9-7-15-28(30)33/h1-20H. The highest BCUT2D eigenvalue weighted by Crippen LogP contribution is 2.52. The Balaban J connectivity index is 1.46. The summed E-state index contributed by atoms with van der Waals surface area (Å²) >= 11 is 1.74. The maximum absolute atomic E-state index is 13.4. The molecule has 37 heavy (non-hydrogen) atoms. The molecule has 7 rings (SSSR count). The van der Waals surface area contributed by atoms with Gasteiger partial charge in [0.25, 0.3) is 11.8 Å². The van der Waals surface area contributed by atoms with E-state index in [1.807, 2.05) is 66.7 Å². The molecule has 2 heterocycles. The van der Waals surface area contributed by atoms with E-state index < -0.39 is 0 Å². The van der Waals surface area contributed by atoms with E-state index in [1.54, 1.807) is 36.0 Å². The van der Waals surface area contributed by atoms with Crippen LogP contribution in [0.2, 0.25) is 0 Å². The maximum atomic E-state index is 13.4. The molecule has 176 valence electrons. The zero-order valence-electron chi connectivity index (χ0n) is 19.7. The van der Waals surface area contributed by atoms with Gasteiger partial charge in [-0.2, -0.15) is 0 Å². The molecule has 0 aromatic heterocycles. The van der Waals surface area contributed by atoms with Crippen LogP contribution < -0.4 is 9.80 Å². The van der Waals surface area contributed by atoms with Gasteiger partial charge in [0.1, 0.15) is 0 Å². The van der Waals surface area contributed by atoms with E-state index in [0.717, 1.165) is 38.0 Å². The van der Waals surface area contributed by atoms with Gasteiger partial charge in [-0.3, -0.25) is 9.59 Å². The Morgan fingerprint density at radius 3 is 1.54 bits per heavy atom. The average Bonchev–Trinajstić information content (AvgIpc) is 3.21. The van der Waals surface area contributed by atoms with Crippen molar-refractivity contribution in [1.29, 1.82) is 0 Å². The summed E-state index contributed by atoms with van der Waals surface area (Å²) in [5, 5.41) is 0. The first kappa shape index (κ1) is 21.7. The van der Waals surface area contributed by atoms with Gasteiger partial charge in [0, 0.05) is 15.5 Å². The number of hydrogen-bond acceptors (Lipinski definition) is 4. The average molecular weight is 497 g/mol. The van der Waals surface area contributed by atoms with Crippen LogP contribution in [0, 0.1) is 0 Å². The SMILES string of the molecule is O=C1c2ccccc2C(=O)N1c1cc(-c2ccccc2)cc(N2c3ccccc3Sc3ccccc32)c1. The van der Waals surface area contributed by atoms with Gasteiger partial charge in [-0.1, -0.05) is 78.5 Å². The van der Waals surface area contributed by atoms with E-state index in [1.165, 1.54) is 4.90 Å². The van der Waals surface area contributed by atoms with Crippen LogP contribution in [-0.2, 0) is 0 Å². The minimum atomic E-state index is -0.299. The van der Waals surface area contributed by atoms with E-state index >= 15 is 0 Å². The van der Waals surface area contributed by atoms with Crippen molar-refractivity contribution in [3.8, 4) is 11.1 Å². The van der Waals surface area contributed by atoms with Gasteiger partial charge in [0.2, 0.25) is 0 Å². The monoisotopic (exact) mass is 496 g/mol. The molecule has 0 aliphatic carbocycles. The van der Waals surface area contributed by atoms with Crippen molar-refractivity contribution < 1.29 is 9.59 Å². The number of imide groups is 1. The highest BCUT2D eigenvalue weighted by Gasteiger charge is 2.37. The van der Waals surface area contributed by atoms with E-state index in [4.69, 9.17) is 0 Å². The summed E-state index contributed by atoms with van der Waals surface area (Å²) in [6.45, 7) is 0. The van der Waals surface area contributed by atoms with Gasteiger partial charge in [0.15, 0.2) is 0 Å². The molecule has 2 aliphatic rings. The van der Waals surface area contributed by atoms with E-state index in [0.29, 0.717) is 16.8 Å². The van der Waals surface area contributed by atoms with E-state index in [2.05, 4.69) is 35.2 Å². The number of anilines is 4. The predicted octanol–water partition coefficient (Wildman–Crippen LogP) is 8.09. The van der Waals surface area contributed by atoms with Crippen molar-refractivity contribution in [2.45, 2.75) is 9.79 Å². The largest absolute Gasteiger partial charge is 0.308 e. The Kier molecular flexibility index (Phi) is 4.98. The quantitative estimate of drug-likeness (QED) is 0.232. The first-order chi connectivity index (χ1) is 18.2. The van der Waals surface area contributed by atoms with E-state index in [9.17, 15) is 9.59 Å². The van der Waals surface area contributed by atoms with Gasteiger partial charge in [-0.05, 0) is 65.7 Å². The number of carbonyl (C=O) groups is 2. The fourth-order valence-electron chi connectivity index (χ4n) is 5.06. The molecule has 5 aromatic rings. The summed E-state index contributed by atoms with van der Waals surface area (Å²) in [5.41, 5.74) is 6.36. The molecule has 0 spiro atoms. The molecule has 0 bridgehead atoms. The van der Waals surface area contributed by atoms with Crippen LogP contribution in [0.15, 0.2) is 131 Å². The fraction of sp³-hybridized carbons (Fsp3) is 0. The third-order valence-electron chi connectivity index (χ3n) is 6.75. The molecule has 0 fully saturated rings. The molecule has 2 amide bonds. The molecule has 2 aliphatic heterocycles. The molecule has 0 unspecified atom stereocenters. The Hall–Kier alpha value is -4.61. The number of fused-ring (bicyclic) bond motifs is 3. The third-order valence-corrected chi connectivity index (χ3v) is 7.88. The molecule has 0 radical (unpaired) electrons. The smallest absolute Gasteiger partial charge is 0.266 e. The Bertz CT molecular complexity index is 1630. The van der Waals surface area contributed by atoms with Crippen LogP contribution in [0.4, 0.5) is 22.7 Å². The zero-order valence-corrected chi connectivity index (χ0v) is 20.5. The van der Waals surface area contributed by atoms with Crippen molar-refractivity contribution in [2.24, 2.45) is 0 Å². The van der Waals surface area contributed by atoms with Crippen molar-refractivity contribution in [3.63, 3.8) is 0 Å². The normalized spacial score (nSPS) is 13.8. The first-order valence-corrected chi connectivity index (χ1v) is 12.8. The minimum Gasteiger partial charge on any atom is -0.308 e. The predicted molar refractivity (Wildman–Crippen MR) is 148 cm³/mol. The molecule has 0 atom stereocenters. The molecule has 4 nitrogen and oxygen atoms in total. The molecule has 0 N–H and O–H groups in total. The highest BCUT2D eigenvalue weighted by molar-refractivity contribution is 7.99. The maximum Gasteiger partial charge on any atom is 0.266 e. The number of carbonyl (C=O) groups excluding carboxylic acids is 2. The van der Waals surface area contributed by atoms with Gasteiger partial charge < -0.3 is 4.90 Å². The summed E-state index contributed by atoms with van der Waals surface area (Å²) < 4.78 is 0. The van der Waals surface area contributed by atoms with Crippen molar-refractivity contribution in [2.75, 3.05) is 9.80 Å². The number of benzene rings is 5. The van der Waals surface area contributed by atoms with E-state index in [-0.39, 0.29) is 11.8 Å². The van der Waals surface area contributed by atoms with Gasteiger partial charge in [-0.25, -0.2) is 4.90 Å². The number of rotatable bonds is 3. The second-order valence-electron chi connectivity index (χ2n) is 8.97. The van der Waals surface area contributed by atoms with Crippen molar-refractivity contribution in [3.05, 3.63) is 132 Å². The fourth-order valence-corrected chi connectivity index (χ4v) is 6.12. The van der Waals surface area contributed by atoms with Crippen LogP contribution in [0.5, 0.6) is 0 Å². The number of hydrogen-bond donors (Lipinski definition) is 0. The van der Waals surface area contributed by atoms with Crippen LogP contribution >= 0.6 is 11.8 Å². The van der Waals surface area contributed by atoms with Crippen molar-refractivity contribution >= 4 is 46.3 Å². The van der Waals surface area contributed by atoms with Crippen LogP contribution in [0.3, 0.4) is 0 Å². The summed E-state index contributed by atoms with van der Waals surface area (Å²) in [7, 11) is 0. The lowest BCUT2D eigenvalue weighted by Gasteiger charge is -2.33. The van der Waals surface area contributed by atoms with Crippen LogP contribution in [-0.4, -0.2) is 11.8 Å². The van der Waals surface area contributed by atoms with Crippen LogP contribution in [0.25, 0.3) is 11.1 Å². The molecule has 0 saturated heterocycles. The molecule has 0 saturated carbocycles. The molecular weight excluding hydrogens is 476 g/mol.